The Bertz CT molecular complexity index is 437. The molecule has 1 atom stereocenters. The first kappa shape index (κ1) is 14.0. The minimum Gasteiger partial charge on any atom is -0.295 e. The average Bonchev–Trinajstić information content (AvgIpc) is 2.87. The molecule has 1 saturated heterocycles. The predicted molar refractivity (Wildman–Crippen MR) is 74.5 cm³/mol. The van der Waals surface area contributed by atoms with Gasteiger partial charge in [-0.05, 0) is 26.8 Å². The second-order valence-corrected chi connectivity index (χ2v) is 5.50. The van der Waals surface area contributed by atoms with Crippen LogP contribution in [-0.2, 0) is 6.54 Å². The number of nitriles is 1. The van der Waals surface area contributed by atoms with Crippen molar-refractivity contribution >= 4 is 0 Å². The minimum absolute atomic E-state index is 0.0299. The van der Waals surface area contributed by atoms with Gasteiger partial charge in [0.05, 0.1) is 17.8 Å². The SMILES string of the molecule is CC(C#N)N1CCN(Cc2ccn(C(C)C)n2)CC1. The van der Waals surface area contributed by atoms with E-state index in [1.807, 2.05) is 17.8 Å². The minimum atomic E-state index is 0.0299. The van der Waals surface area contributed by atoms with E-state index >= 15 is 0 Å². The second-order valence-electron chi connectivity index (χ2n) is 5.50. The molecule has 1 unspecified atom stereocenters. The molecule has 104 valence electrons. The number of aromatic nitrogens is 2. The van der Waals surface area contributed by atoms with Gasteiger partial charge in [-0.15, -0.1) is 0 Å². The molecule has 0 aliphatic carbocycles. The number of hydrogen-bond acceptors (Lipinski definition) is 4. The molecular formula is C14H23N5. The highest BCUT2D eigenvalue weighted by Gasteiger charge is 2.21. The fourth-order valence-corrected chi connectivity index (χ4v) is 2.37. The van der Waals surface area contributed by atoms with Gasteiger partial charge in [-0.3, -0.25) is 14.5 Å². The third-order valence-corrected chi connectivity index (χ3v) is 3.72. The molecule has 0 saturated carbocycles. The normalized spacial score (nSPS) is 19.5. The summed E-state index contributed by atoms with van der Waals surface area (Å²) >= 11 is 0. The van der Waals surface area contributed by atoms with Crippen molar-refractivity contribution < 1.29 is 0 Å². The van der Waals surface area contributed by atoms with Gasteiger partial charge in [0.2, 0.25) is 0 Å². The Morgan fingerprint density at radius 1 is 1.26 bits per heavy atom. The van der Waals surface area contributed by atoms with Crippen LogP contribution in [0.25, 0.3) is 0 Å². The Morgan fingerprint density at radius 3 is 2.47 bits per heavy atom. The Morgan fingerprint density at radius 2 is 1.95 bits per heavy atom. The topological polar surface area (TPSA) is 48.1 Å². The molecule has 1 aliphatic heterocycles. The van der Waals surface area contributed by atoms with Crippen molar-refractivity contribution in [3.05, 3.63) is 18.0 Å². The van der Waals surface area contributed by atoms with Gasteiger partial charge in [-0.2, -0.15) is 10.4 Å². The molecule has 0 aromatic carbocycles. The van der Waals surface area contributed by atoms with Crippen molar-refractivity contribution in [1.29, 1.82) is 5.26 Å². The molecule has 19 heavy (non-hydrogen) atoms. The summed E-state index contributed by atoms with van der Waals surface area (Å²) in [4.78, 5) is 4.65. The molecule has 1 fully saturated rings. The van der Waals surface area contributed by atoms with Crippen LogP contribution in [0.15, 0.2) is 12.3 Å². The first-order valence-electron chi connectivity index (χ1n) is 7.00. The summed E-state index contributed by atoms with van der Waals surface area (Å²) in [6.45, 7) is 11.1. The average molecular weight is 261 g/mol. The van der Waals surface area contributed by atoms with Gasteiger partial charge in [0.25, 0.3) is 0 Å². The third kappa shape index (κ3) is 3.55. The van der Waals surface area contributed by atoms with Gasteiger partial charge in [0.1, 0.15) is 0 Å². The number of piperazine rings is 1. The first-order chi connectivity index (χ1) is 9.10. The maximum absolute atomic E-state index is 8.92. The molecule has 2 heterocycles. The second kappa shape index (κ2) is 6.18. The van der Waals surface area contributed by atoms with Crippen molar-refractivity contribution in [3.63, 3.8) is 0 Å². The quantitative estimate of drug-likeness (QED) is 0.824. The molecule has 1 aromatic rings. The van der Waals surface area contributed by atoms with Gasteiger partial charge in [-0.25, -0.2) is 0 Å². The number of nitrogens with zero attached hydrogens (tertiary/aromatic N) is 5. The first-order valence-corrected chi connectivity index (χ1v) is 7.00. The van der Waals surface area contributed by atoms with Crippen LogP contribution in [0.1, 0.15) is 32.5 Å². The summed E-state index contributed by atoms with van der Waals surface area (Å²) in [7, 11) is 0. The fraction of sp³-hybridized carbons (Fsp3) is 0.714. The van der Waals surface area contributed by atoms with Crippen LogP contribution in [-0.4, -0.2) is 51.8 Å². The lowest BCUT2D eigenvalue weighted by atomic mass is 10.2. The van der Waals surface area contributed by atoms with Gasteiger partial charge >= 0.3 is 0 Å². The molecule has 1 aromatic heterocycles. The van der Waals surface area contributed by atoms with Gasteiger partial charge < -0.3 is 0 Å². The summed E-state index contributed by atoms with van der Waals surface area (Å²) in [6, 6.07) is 4.86. The third-order valence-electron chi connectivity index (χ3n) is 3.72. The molecule has 0 amide bonds. The standard InChI is InChI=1S/C14H23N5/c1-12(2)19-5-4-14(16-19)11-17-6-8-18(9-7-17)13(3)10-15/h4-5,12-13H,6-9,11H2,1-3H3. The molecule has 2 rings (SSSR count). The monoisotopic (exact) mass is 261 g/mol. The molecular weight excluding hydrogens is 238 g/mol. The van der Waals surface area contributed by atoms with Crippen LogP contribution in [0, 0.1) is 11.3 Å². The van der Waals surface area contributed by atoms with E-state index in [0.717, 1.165) is 38.4 Å². The van der Waals surface area contributed by atoms with E-state index in [2.05, 4.69) is 40.9 Å². The van der Waals surface area contributed by atoms with E-state index in [-0.39, 0.29) is 6.04 Å². The summed E-state index contributed by atoms with van der Waals surface area (Å²) in [5.74, 6) is 0. The lowest BCUT2D eigenvalue weighted by molar-refractivity contribution is 0.113. The van der Waals surface area contributed by atoms with E-state index in [1.165, 1.54) is 0 Å². The van der Waals surface area contributed by atoms with E-state index in [9.17, 15) is 0 Å². The maximum atomic E-state index is 8.92. The smallest absolute Gasteiger partial charge is 0.0950 e. The van der Waals surface area contributed by atoms with E-state index in [4.69, 9.17) is 5.26 Å². The maximum Gasteiger partial charge on any atom is 0.0950 e. The molecule has 0 bridgehead atoms. The van der Waals surface area contributed by atoms with Crippen molar-refractivity contribution in [2.24, 2.45) is 0 Å². The molecule has 0 radical (unpaired) electrons. The fourth-order valence-electron chi connectivity index (χ4n) is 2.37. The summed E-state index contributed by atoms with van der Waals surface area (Å²) in [5, 5.41) is 13.5. The van der Waals surface area contributed by atoms with Gasteiger partial charge in [0, 0.05) is 45.0 Å². The van der Waals surface area contributed by atoms with Crippen LogP contribution in [0.5, 0.6) is 0 Å². The molecule has 5 nitrogen and oxygen atoms in total. The Balaban J connectivity index is 1.84. The zero-order chi connectivity index (χ0) is 13.8. The summed E-state index contributed by atoms with van der Waals surface area (Å²) in [5.41, 5.74) is 1.13. The summed E-state index contributed by atoms with van der Waals surface area (Å²) < 4.78 is 2.00. The highest BCUT2D eigenvalue weighted by atomic mass is 15.3. The van der Waals surface area contributed by atoms with Crippen molar-refractivity contribution in [3.8, 4) is 6.07 Å². The predicted octanol–water partition coefficient (Wildman–Crippen LogP) is 1.49. The highest BCUT2D eigenvalue weighted by molar-refractivity contribution is 5.00. The van der Waals surface area contributed by atoms with Crippen molar-refractivity contribution in [1.82, 2.24) is 19.6 Å². The van der Waals surface area contributed by atoms with Crippen molar-refractivity contribution in [2.75, 3.05) is 26.2 Å². The number of hydrogen-bond donors (Lipinski definition) is 0. The van der Waals surface area contributed by atoms with E-state index in [1.54, 1.807) is 0 Å². The molecule has 5 heteroatoms. The van der Waals surface area contributed by atoms with Crippen LogP contribution >= 0.6 is 0 Å². The van der Waals surface area contributed by atoms with Crippen molar-refractivity contribution in [2.45, 2.75) is 39.4 Å². The zero-order valence-electron chi connectivity index (χ0n) is 12.1. The van der Waals surface area contributed by atoms with Crippen LogP contribution in [0.2, 0.25) is 0 Å². The van der Waals surface area contributed by atoms with E-state index in [0.29, 0.717) is 6.04 Å². The highest BCUT2D eigenvalue weighted by Crippen LogP contribution is 2.10. The van der Waals surface area contributed by atoms with Gasteiger partial charge in [-0.1, -0.05) is 0 Å². The van der Waals surface area contributed by atoms with Crippen LogP contribution in [0.4, 0.5) is 0 Å². The van der Waals surface area contributed by atoms with Crippen LogP contribution in [0.3, 0.4) is 0 Å². The van der Waals surface area contributed by atoms with Crippen LogP contribution < -0.4 is 0 Å². The number of rotatable bonds is 4. The lowest BCUT2D eigenvalue weighted by Gasteiger charge is -2.35. The largest absolute Gasteiger partial charge is 0.295 e. The molecule has 0 N–H and O–H groups in total. The van der Waals surface area contributed by atoms with Gasteiger partial charge in [0.15, 0.2) is 0 Å². The molecule has 1 aliphatic rings. The Kier molecular flexibility index (Phi) is 4.56. The lowest BCUT2D eigenvalue weighted by Crippen LogP contribution is -2.48. The Labute approximate surface area is 115 Å². The Hall–Kier alpha value is -1.38. The molecule has 0 spiro atoms. The zero-order valence-corrected chi connectivity index (χ0v) is 12.1. The summed E-state index contributed by atoms with van der Waals surface area (Å²) in [6.07, 6.45) is 2.05. The van der Waals surface area contributed by atoms with E-state index < -0.39 is 0 Å².